The SMILES string of the molecule is Cc1nn(C)c(Cl)c1CC(CCl)(CCl)Cc1ccccc1. The third kappa shape index (κ3) is 3.74. The van der Waals surface area contributed by atoms with E-state index in [1.54, 1.807) is 4.68 Å². The summed E-state index contributed by atoms with van der Waals surface area (Å²) in [5.74, 6) is 0.964. The number of rotatable bonds is 6. The second kappa shape index (κ2) is 7.04. The Morgan fingerprint density at radius 2 is 1.71 bits per heavy atom. The number of benzene rings is 1. The van der Waals surface area contributed by atoms with Crippen LogP contribution in [0.2, 0.25) is 5.15 Å². The van der Waals surface area contributed by atoms with Crippen molar-refractivity contribution >= 4 is 34.8 Å². The van der Waals surface area contributed by atoms with Gasteiger partial charge in [-0.15, -0.1) is 23.2 Å². The summed E-state index contributed by atoms with van der Waals surface area (Å²) in [6.07, 6.45) is 1.55. The highest BCUT2D eigenvalue weighted by Gasteiger charge is 2.31. The first-order chi connectivity index (χ1) is 10.0. The van der Waals surface area contributed by atoms with Crippen LogP contribution in [-0.4, -0.2) is 21.5 Å². The van der Waals surface area contributed by atoms with Crippen LogP contribution in [0.1, 0.15) is 16.8 Å². The van der Waals surface area contributed by atoms with Crippen LogP contribution in [0.4, 0.5) is 0 Å². The summed E-state index contributed by atoms with van der Waals surface area (Å²) in [5, 5.41) is 5.04. The fourth-order valence-corrected chi connectivity index (χ4v) is 3.47. The third-order valence-corrected chi connectivity index (χ3v) is 5.42. The highest BCUT2D eigenvalue weighted by atomic mass is 35.5. The molecule has 0 saturated heterocycles. The van der Waals surface area contributed by atoms with Crippen molar-refractivity contribution in [2.75, 3.05) is 11.8 Å². The zero-order valence-corrected chi connectivity index (χ0v) is 14.5. The lowest BCUT2D eigenvalue weighted by atomic mass is 9.80. The average molecular weight is 346 g/mol. The molecular formula is C16H19Cl3N2. The molecule has 5 heteroatoms. The number of alkyl halides is 2. The molecule has 1 heterocycles. The van der Waals surface area contributed by atoms with Crippen LogP contribution >= 0.6 is 34.8 Å². The number of aryl methyl sites for hydroxylation is 2. The molecule has 2 nitrogen and oxygen atoms in total. The van der Waals surface area contributed by atoms with Crippen molar-refractivity contribution in [3.8, 4) is 0 Å². The maximum atomic E-state index is 6.35. The minimum Gasteiger partial charge on any atom is -0.257 e. The van der Waals surface area contributed by atoms with E-state index >= 15 is 0 Å². The molecule has 21 heavy (non-hydrogen) atoms. The van der Waals surface area contributed by atoms with Crippen molar-refractivity contribution in [3.05, 3.63) is 52.3 Å². The normalized spacial score (nSPS) is 11.9. The molecule has 0 radical (unpaired) electrons. The molecule has 2 aromatic rings. The minimum absolute atomic E-state index is 0.220. The number of hydrogen-bond acceptors (Lipinski definition) is 1. The van der Waals surface area contributed by atoms with Gasteiger partial charge in [0.2, 0.25) is 0 Å². The van der Waals surface area contributed by atoms with Crippen LogP contribution < -0.4 is 0 Å². The van der Waals surface area contributed by atoms with Crippen LogP contribution in [0.5, 0.6) is 0 Å². The van der Waals surface area contributed by atoms with Gasteiger partial charge in [0.1, 0.15) is 5.15 Å². The number of aromatic nitrogens is 2. The topological polar surface area (TPSA) is 17.8 Å². The number of nitrogens with zero attached hydrogens (tertiary/aromatic N) is 2. The van der Waals surface area contributed by atoms with Crippen molar-refractivity contribution in [1.29, 1.82) is 0 Å². The molecule has 0 aliphatic heterocycles. The lowest BCUT2D eigenvalue weighted by Gasteiger charge is -2.30. The lowest BCUT2D eigenvalue weighted by Crippen LogP contribution is -2.31. The molecule has 0 bridgehead atoms. The Kier molecular flexibility index (Phi) is 5.59. The summed E-state index contributed by atoms with van der Waals surface area (Å²) in [6.45, 7) is 1.97. The third-order valence-electron chi connectivity index (χ3n) is 3.81. The quantitative estimate of drug-likeness (QED) is 0.698. The molecule has 0 unspecified atom stereocenters. The predicted octanol–water partition coefficient (Wildman–Crippen LogP) is 4.63. The lowest BCUT2D eigenvalue weighted by molar-refractivity contribution is 0.373. The van der Waals surface area contributed by atoms with E-state index in [1.807, 2.05) is 32.2 Å². The minimum atomic E-state index is -0.220. The van der Waals surface area contributed by atoms with Gasteiger partial charge < -0.3 is 0 Å². The summed E-state index contributed by atoms with van der Waals surface area (Å²) < 4.78 is 1.70. The standard InChI is InChI=1S/C16H19Cl3N2/c1-12-14(15(19)21(2)20-12)9-16(10-17,11-18)8-13-6-4-3-5-7-13/h3-7H,8-11H2,1-2H3. The van der Waals surface area contributed by atoms with Crippen LogP contribution in [0, 0.1) is 12.3 Å². The van der Waals surface area contributed by atoms with Crippen LogP contribution in [-0.2, 0) is 19.9 Å². The van der Waals surface area contributed by atoms with Crippen molar-refractivity contribution in [3.63, 3.8) is 0 Å². The summed E-state index contributed by atoms with van der Waals surface area (Å²) >= 11 is 18.9. The summed E-state index contributed by atoms with van der Waals surface area (Å²) in [4.78, 5) is 0. The van der Waals surface area contributed by atoms with Gasteiger partial charge in [-0.1, -0.05) is 41.9 Å². The number of halogens is 3. The molecule has 114 valence electrons. The first-order valence-corrected chi connectivity index (χ1v) is 8.30. The van der Waals surface area contributed by atoms with E-state index in [2.05, 4.69) is 17.2 Å². The summed E-state index contributed by atoms with van der Waals surface area (Å²) in [7, 11) is 1.85. The van der Waals surface area contributed by atoms with Crippen LogP contribution in [0.3, 0.4) is 0 Å². The van der Waals surface area contributed by atoms with Gasteiger partial charge in [-0.25, -0.2) is 0 Å². The maximum absolute atomic E-state index is 6.35. The Morgan fingerprint density at radius 1 is 1.10 bits per heavy atom. The maximum Gasteiger partial charge on any atom is 0.130 e. The van der Waals surface area contributed by atoms with Gasteiger partial charge in [0.05, 0.1) is 5.69 Å². The van der Waals surface area contributed by atoms with Gasteiger partial charge in [-0.05, 0) is 25.3 Å². The van der Waals surface area contributed by atoms with E-state index in [4.69, 9.17) is 34.8 Å². The van der Waals surface area contributed by atoms with Gasteiger partial charge >= 0.3 is 0 Å². The van der Waals surface area contributed by atoms with E-state index in [1.165, 1.54) is 5.56 Å². The van der Waals surface area contributed by atoms with Crippen molar-refractivity contribution < 1.29 is 0 Å². The zero-order valence-electron chi connectivity index (χ0n) is 12.2. The molecular weight excluding hydrogens is 327 g/mol. The molecule has 0 spiro atoms. The zero-order chi connectivity index (χ0) is 15.5. The van der Waals surface area contributed by atoms with Crippen LogP contribution in [0.15, 0.2) is 30.3 Å². The molecule has 0 fully saturated rings. The largest absolute Gasteiger partial charge is 0.257 e. The molecule has 1 aromatic carbocycles. The van der Waals surface area contributed by atoms with E-state index in [-0.39, 0.29) is 5.41 Å². The van der Waals surface area contributed by atoms with Gasteiger partial charge in [0, 0.05) is 29.8 Å². The molecule has 0 aliphatic rings. The summed E-state index contributed by atoms with van der Waals surface area (Å²) in [5.41, 5.74) is 2.99. The van der Waals surface area contributed by atoms with Gasteiger partial charge in [-0.3, -0.25) is 4.68 Å². The molecule has 0 amide bonds. The van der Waals surface area contributed by atoms with E-state index in [9.17, 15) is 0 Å². The van der Waals surface area contributed by atoms with Crippen LogP contribution in [0.25, 0.3) is 0 Å². The molecule has 0 N–H and O–H groups in total. The van der Waals surface area contributed by atoms with Gasteiger partial charge in [-0.2, -0.15) is 5.10 Å². The highest BCUT2D eigenvalue weighted by molar-refractivity contribution is 6.30. The Bertz CT molecular complexity index is 589. The molecule has 0 aliphatic carbocycles. The second-order valence-electron chi connectivity index (χ2n) is 5.58. The Hall–Kier alpha value is -0.700. The van der Waals surface area contributed by atoms with Gasteiger partial charge in [0.15, 0.2) is 0 Å². The summed E-state index contributed by atoms with van der Waals surface area (Å²) in [6, 6.07) is 10.3. The molecule has 0 saturated carbocycles. The molecule has 1 aromatic heterocycles. The van der Waals surface area contributed by atoms with Gasteiger partial charge in [0.25, 0.3) is 0 Å². The van der Waals surface area contributed by atoms with Crippen molar-refractivity contribution in [2.24, 2.45) is 12.5 Å². The van der Waals surface area contributed by atoms with E-state index < -0.39 is 0 Å². The second-order valence-corrected chi connectivity index (χ2v) is 6.48. The Balaban J connectivity index is 2.30. The molecule has 2 rings (SSSR count). The van der Waals surface area contributed by atoms with Crippen molar-refractivity contribution in [2.45, 2.75) is 19.8 Å². The predicted molar refractivity (Wildman–Crippen MR) is 90.7 cm³/mol. The van der Waals surface area contributed by atoms with E-state index in [0.717, 1.165) is 24.1 Å². The number of hydrogen-bond donors (Lipinski definition) is 0. The first-order valence-electron chi connectivity index (χ1n) is 6.85. The van der Waals surface area contributed by atoms with Crippen molar-refractivity contribution in [1.82, 2.24) is 9.78 Å². The fourth-order valence-electron chi connectivity index (χ4n) is 2.57. The first kappa shape index (κ1) is 16.7. The smallest absolute Gasteiger partial charge is 0.130 e. The van der Waals surface area contributed by atoms with E-state index in [0.29, 0.717) is 16.9 Å². The molecule has 0 atom stereocenters. The highest BCUT2D eigenvalue weighted by Crippen LogP contribution is 2.34. The fraction of sp³-hybridized carbons (Fsp3) is 0.438. The Labute approximate surface area is 141 Å². The average Bonchev–Trinajstić information content (AvgIpc) is 2.73. The monoisotopic (exact) mass is 344 g/mol. The Morgan fingerprint density at radius 3 is 2.19 bits per heavy atom.